The molecule has 0 saturated heterocycles. The minimum Gasteiger partial charge on any atom is -0.372 e. The number of thiophene rings is 1. The molecule has 3 aromatic rings. The topological polar surface area (TPSA) is 44.1 Å². The third-order valence-electron chi connectivity index (χ3n) is 4.93. The molecule has 0 aliphatic carbocycles. The Morgan fingerprint density at radius 3 is 2.69 bits per heavy atom. The predicted octanol–water partition coefficient (Wildman–Crippen LogP) is 4.57. The third kappa shape index (κ3) is 2.90. The lowest BCUT2D eigenvalue weighted by atomic mass is 9.96. The SMILES string of the molecule is CSc1nc2sc3c(c2c(=O)n1-c1ccc(C)cc1)CC(C(C)C)OC3. The number of benzene rings is 1. The third-order valence-corrected chi connectivity index (χ3v) is 6.67. The number of thioether (sulfide) groups is 1. The maximum absolute atomic E-state index is 13.5. The lowest BCUT2D eigenvalue weighted by Gasteiger charge is -2.26. The number of rotatable bonds is 3. The zero-order valence-corrected chi connectivity index (χ0v) is 17.0. The fourth-order valence-electron chi connectivity index (χ4n) is 3.39. The number of nitrogens with zero attached hydrogens (tertiary/aromatic N) is 2. The first kappa shape index (κ1) is 17.8. The molecule has 26 heavy (non-hydrogen) atoms. The smallest absolute Gasteiger partial charge is 0.267 e. The van der Waals surface area contributed by atoms with E-state index in [4.69, 9.17) is 9.72 Å². The van der Waals surface area contributed by atoms with Crippen molar-refractivity contribution in [2.24, 2.45) is 5.92 Å². The number of fused-ring (bicyclic) bond motifs is 3. The molecule has 2 aromatic heterocycles. The second kappa shape index (κ2) is 6.83. The summed E-state index contributed by atoms with van der Waals surface area (Å²) in [5, 5.41) is 1.50. The van der Waals surface area contributed by atoms with E-state index in [1.807, 2.05) is 37.4 Å². The van der Waals surface area contributed by atoms with Gasteiger partial charge >= 0.3 is 0 Å². The quantitative estimate of drug-likeness (QED) is 0.488. The van der Waals surface area contributed by atoms with E-state index in [0.29, 0.717) is 12.5 Å². The molecule has 1 aromatic carbocycles. The molecule has 0 fully saturated rings. The van der Waals surface area contributed by atoms with Gasteiger partial charge in [0.15, 0.2) is 5.16 Å². The summed E-state index contributed by atoms with van der Waals surface area (Å²) in [4.78, 5) is 20.3. The van der Waals surface area contributed by atoms with Gasteiger partial charge in [-0.3, -0.25) is 9.36 Å². The van der Waals surface area contributed by atoms with Crippen LogP contribution in [0.25, 0.3) is 15.9 Å². The van der Waals surface area contributed by atoms with E-state index < -0.39 is 0 Å². The Morgan fingerprint density at radius 1 is 1.31 bits per heavy atom. The molecule has 1 unspecified atom stereocenters. The lowest BCUT2D eigenvalue weighted by molar-refractivity contribution is 0.00200. The van der Waals surface area contributed by atoms with Crippen molar-refractivity contribution in [3.05, 3.63) is 50.6 Å². The van der Waals surface area contributed by atoms with E-state index in [9.17, 15) is 4.79 Å². The maximum atomic E-state index is 13.5. The zero-order chi connectivity index (χ0) is 18.4. The lowest BCUT2D eigenvalue weighted by Crippen LogP contribution is -2.28. The highest BCUT2D eigenvalue weighted by Gasteiger charge is 2.28. The van der Waals surface area contributed by atoms with E-state index >= 15 is 0 Å². The van der Waals surface area contributed by atoms with E-state index in [1.54, 1.807) is 15.9 Å². The summed E-state index contributed by atoms with van der Waals surface area (Å²) in [6, 6.07) is 8.04. The van der Waals surface area contributed by atoms with E-state index in [-0.39, 0.29) is 11.7 Å². The van der Waals surface area contributed by atoms with Crippen LogP contribution < -0.4 is 5.56 Å². The molecule has 3 heterocycles. The molecule has 0 saturated carbocycles. The molecule has 0 N–H and O–H groups in total. The van der Waals surface area contributed by atoms with Crippen LogP contribution in [0.15, 0.2) is 34.2 Å². The van der Waals surface area contributed by atoms with E-state index in [1.165, 1.54) is 17.3 Å². The molecule has 0 bridgehead atoms. The minimum absolute atomic E-state index is 0.0325. The van der Waals surface area contributed by atoms with Crippen LogP contribution in [0, 0.1) is 12.8 Å². The summed E-state index contributed by atoms with van der Waals surface area (Å²) in [5.74, 6) is 0.427. The van der Waals surface area contributed by atoms with Gasteiger partial charge in [0.1, 0.15) is 4.83 Å². The highest BCUT2D eigenvalue weighted by Crippen LogP contribution is 2.36. The van der Waals surface area contributed by atoms with Crippen LogP contribution in [0.4, 0.5) is 0 Å². The zero-order valence-electron chi connectivity index (χ0n) is 15.4. The Kier molecular flexibility index (Phi) is 4.67. The van der Waals surface area contributed by atoms with Gasteiger partial charge in [-0.25, -0.2) is 4.98 Å². The van der Waals surface area contributed by atoms with Gasteiger partial charge < -0.3 is 4.74 Å². The number of aryl methyl sites for hydroxylation is 1. The van der Waals surface area contributed by atoms with Crippen molar-refractivity contribution in [3.8, 4) is 5.69 Å². The summed E-state index contributed by atoms with van der Waals surface area (Å²) in [5.41, 5.74) is 3.21. The molecule has 0 amide bonds. The molecule has 4 nitrogen and oxygen atoms in total. The Hall–Kier alpha value is -1.63. The van der Waals surface area contributed by atoms with Crippen molar-refractivity contribution in [2.75, 3.05) is 6.26 Å². The van der Waals surface area contributed by atoms with Gasteiger partial charge in [-0.2, -0.15) is 0 Å². The summed E-state index contributed by atoms with van der Waals surface area (Å²) in [7, 11) is 0. The second-order valence-corrected chi connectivity index (χ2v) is 8.91. The van der Waals surface area contributed by atoms with Crippen molar-refractivity contribution >= 4 is 33.3 Å². The van der Waals surface area contributed by atoms with Gasteiger partial charge in [0.25, 0.3) is 5.56 Å². The Labute approximate surface area is 161 Å². The van der Waals surface area contributed by atoms with Crippen molar-refractivity contribution in [3.63, 3.8) is 0 Å². The first-order valence-corrected chi connectivity index (χ1v) is 10.8. The Morgan fingerprint density at radius 2 is 2.04 bits per heavy atom. The molecule has 4 rings (SSSR count). The van der Waals surface area contributed by atoms with Crippen molar-refractivity contribution in [1.82, 2.24) is 9.55 Å². The van der Waals surface area contributed by atoms with Gasteiger partial charge in [0.2, 0.25) is 0 Å². The molecule has 6 heteroatoms. The van der Waals surface area contributed by atoms with Crippen LogP contribution in [0.5, 0.6) is 0 Å². The number of ether oxygens (including phenoxy) is 1. The van der Waals surface area contributed by atoms with Crippen molar-refractivity contribution < 1.29 is 4.74 Å². The van der Waals surface area contributed by atoms with E-state index in [0.717, 1.165) is 37.9 Å². The van der Waals surface area contributed by atoms with Gasteiger partial charge in [0.05, 0.1) is 23.8 Å². The van der Waals surface area contributed by atoms with Crippen molar-refractivity contribution in [2.45, 2.75) is 45.1 Å². The van der Waals surface area contributed by atoms with Crippen molar-refractivity contribution in [1.29, 1.82) is 0 Å². The first-order chi connectivity index (χ1) is 12.5. The molecule has 0 radical (unpaired) electrons. The van der Waals surface area contributed by atoms with Gasteiger partial charge in [-0.15, -0.1) is 11.3 Å². The molecule has 1 aliphatic heterocycles. The fraction of sp³-hybridized carbons (Fsp3) is 0.400. The average Bonchev–Trinajstić information content (AvgIpc) is 3.00. The molecule has 1 aliphatic rings. The van der Waals surface area contributed by atoms with Crippen LogP contribution in [-0.4, -0.2) is 21.9 Å². The van der Waals surface area contributed by atoms with Gasteiger partial charge in [-0.1, -0.05) is 43.3 Å². The number of hydrogen-bond donors (Lipinski definition) is 0. The predicted molar refractivity (Wildman–Crippen MR) is 109 cm³/mol. The summed E-state index contributed by atoms with van der Waals surface area (Å²) in [6.07, 6.45) is 2.91. The molecule has 136 valence electrons. The maximum Gasteiger partial charge on any atom is 0.267 e. The number of aromatic nitrogens is 2. The van der Waals surface area contributed by atoms with Gasteiger partial charge in [0, 0.05) is 11.3 Å². The summed E-state index contributed by atoms with van der Waals surface area (Å²) in [6.45, 7) is 6.96. The normalized spacial score (nSPS) is 17.0. The van der Waals surface area contributed by atoms with Crippen LogP contribution in [-0.2, 0) is 17.8 Å². The Balaban J connectivity index is 1.96. The first-order valence-electron chi connectivity index (χ1n) is 8.79. The molecule has 1 atom stereocenters. The van der Waals surface area contributed by atoms with Crippen LogP contribution in [0.2, 0.25) is 0 Å². The summed E-state index contributed by atoms with van der Waals surface area (Å²) >= 11 is 3.10. The van der Waals surface area contributed by atoms with Crippen LogP contribution >= 0.6 is 23.1 Å². The second-order valence-electron chi connectivity index (χ2n) is 7.06. The molecular weight excluding hydrogens is 364 g/mol. The number of hydrogen-bond acceptors (Lipinski definition) is 5. The van der Waals surface area contributed by atoms with E-state index in [2.05, 4.69) is 13.8 Å². The van der Waals surface area contributed by atoms with Crippen LogP contribution in [0.3, 0.4) is 0 Å². The highest BCUT2D eigenvalue weighted by atomic mass is 32.2. The fourth-order valence-corrected chi connectivity index (χ4v) is 5.12. The molecular formula is C20H22N2O2S2. The molecule has 0 spiro atoms. The van der Waals surface area contributed by atoms with Gasteiger partial charge in [-0.05, 0) is 36.8 Å². The Bertz CT molecular complexity index is 1020. The standard InChI is InChI=1S/C20H22N2O2S2/c1-11(2)15-9-14-16(10-24-15)26-18-17(14)19(23)22(20(21-18)25-4)13-7-5-12(3)6-8-13/h5-8,11,15H,9-10H2,1-4H3. The monoisotopic (exact) mass is 386 g/mol. The highest BCUT2D eigenvalue weighted by molar-refractivity contribution is 7.98. The minimum atomic E-state index is 0.0325. The largest absolute Gasteiger partial charge is 0.372 e. The average molecular weight is 387 g/mol. The summed E-state index contributed by atoms with van der Waals surface area (Å²) < 4.78 is 7.74. The van der Waals surface area contributed by atoms with Crippen LogP contribution in [0.1, 0.15) is 29.9 Å².